The van der Waals surface area contributed by atoms with E-state index < -0.39 is 17.8 Å². The molecule has 0 spiro atoms. The SMILES string of the molecule is O=C(NCCN1CCOCC1)C1CC(COc2cccc(C(F)(F)F)c2)NN1. The lowest BCUT2D eigenvalue weighted by molar-refractivity contribution is -0.137. The summed E-state index contributed by atoms with van der Waals surface area (Å²) < 4.78 is 49.0. The number of amides is 1. The molecule has 156 valence electrons. The minimum Gasteiger partial charge on any atom is -0.492 e. The largest absolute Gasteiger partial charge is 0.492 e. The average molecular weight is 402 g/mol. The molecule has 2 fully saturated rings. The van der Waals surface area contributed by atoms with Gasteiger partial charge in [0.1, 0.15) is 18.4 Å². The maximum atomic E-state index is 12.7. The summed E-state index contributed by atoms with van der Waals surface area (Å²) in [7, 11) is 0. The number of benzene rings is 1. The first-order valence-corrected chi connectivity index (χ1v) is 9.31. The predicted molar refractivity (Wildman–Crippen MR) is 95.7 cm³/mol. The van der Waals surface area contributed by atoms with Crippen molar-refractivity contribution in [3.63, 3.8) is 0 Å². The lowest BCUT2D eigenvalue weighted by atomic mass is 10.1. The Morgan fingerprint density at radius 1 is 1.29 bits per heavy atom. The van der Waals surface area contributed by atoms with Gasteiger partial charge in [-0.2, -0.15) is 13.2 Å². The number of halogens is 3. The van der Waals surface area contributed by atoms with Gasteiger partial charge in [-0.25, -0.2) is 5.43 Å². The van der Waals surface area contributed by atoms with Gasteiger partial charge < -0.3 is 14.8 Å². The van der Waals surface area contributed by atoms with Crippen LogP contribution in [0, 0.1) is 0 Å². The second kappa shape index (κ2) is 9.55. The highest BCUT2D eigenvalue weighted by molar-refractivity contribution is 5.82. The molecule has 2 unspecified atom stereocenters. The molecule has 2 saturated heterocycles. The van der Waals surface area contributed by atoms with Gasteiger partial charge in [-0.1, -0.05) is 6.07 Å². The van der Waals surface area contributed by atoms with Gasteiger partial charge in [0, 0.05) is 26.2 Å². The molecule has 0 bridgehead atoms. The third-order valence-corrected chi connectivity index (χ3v) is 4.74. The Bertz CT molecular complexity index is 653. The molecule has 7 nitrogen and oxygen atoms in total. The summed E-state index contributed by atoms with van der Waals surface area (Å²) in [6.07, 6.45) is -3.92. The van der Waals surface area contributed by atoms with E-state index >= 15 is 0 Å². The molecular weight excluding hydrogens is 377 g/mol. The van der Waals surface area contributed by atoms with Crippen molar-refractivity contribution in [3.8, 4) is 5.75 Å². The third kappa shape index (κ3) is 6.06. The van der Waals surface area contributed by atoms with Crippen LogP contribution in [0.4, 0.5) is 13.2 Å². The maximum absolute atomic E-state index is 12.7. The van der Waals surface area contributed by atoms with Crippen molar-refractivity contribution in [2.24, 2.45) is 0 Å². The zero-order valence-electron chi connectivity index (χ0n) is 15.4. The van der Waals surface area contributed by atoms with Crippen molar-refractivity contribution < 1.29 is 27.4 Å². The van der Waals surface area contributed by atoms with Crippen LogP contribution >= 0.6 is 0 Å². The fourth-order valence-electron chi connectivity index (χ4n) is 3.15. The minimum absolute atomic E-state index is 0.109. The van der Waals surface area contributed by atoms with E-state index in [2.05, 4.69) is 21.1 Å². The van der Waals surface area contributed by atoms with Crippen molar-refractivity contribution >= 4 is 5.91 Å². The normalized spacial score (nSPS) is 23.5. The maximum Gasteiger partial charge on any atom is 0.416 e. The number of nitrogens with one attached hydrogen (secondary N) is 3. The number of carbonyl (C=O) groups is 1. The highest BCUT2D eigenvalue weighted by Crippen LogP contribution is 2.31. The second-order valence-corrected chi connectivity index (χ2v) is 6.86. The number of alkyl halides is 3. The number of hydrazine groups is 1. The van der Waals surface area contributed by atoms with Crippen LogP contribution < -0.4 is 20.9 Å². The topological polar surface area (TPSA) is 74.9 Å². The Hall–Kier alpha value is -1.88. The second-order valence-electron chi connectivity index (χ2n) is 6.86. The van der Waals surface area contributed by atoms with Crippen LogP contribution in [0.5, 0.6) is 5.75 Å². The number of hydrogen-bond donors (Lipinski definition) is 3. The van der Waals surface area contributed by atoms with Gasteiger partial charge in [0.05, 0.1) is 24.8 Å². The molecule has 0 radical (unpaired) electrons. The predicted octanol–water partition coefficient (Wildman–Crippen LogP) is 0.768. The molecule has 2 heterocycles. The van der Waals surface area contributed by atoms with E-state index in [1.807, 2.05) is 0 Å². The van der Waals surface area contributed by atoms with E-state index in [0.29, 0.717) is 13.0 Å². The summed E-state index contributed by atoms with van der Waals surface area (Å²) in [6, 6.07) is 4.18. The molecule has 2 atom stereocenters. The zero-order valence-corrected chi connectivity index (χ0v) is 15.4. The molecule has 2 aliphatic heterocycles. The van der Waals surface area contributed by atoms with E-state index in [1.165, 1.54) is 12.1 Å². The van der Waals surface area contributed by atoms with Gasteiger partial charge >= 0.3 is 6.18 Å². The van der Waals surface area contributed by atoms with Crippen LogP contribution in [0.3, 0.4) is 0 Å². The van der Waals surface area contributed by atoms with Crippen LogP contribution in [-0.4, -0.2) is 68.9 Å². The van der Waals surface area contributed by atoms with Crippen LogP contribution in [0.25, 0.3) is 0 Å². The number of carbonyl (C=O) groups excluding carboxylic acids is 1. The first-order chi connectivity index (χ1) is 13.4. The molecule has 28 heavy (non-hydrogen) atoms. The standard InChI is InChI=1S/C18H25F3N4O3/c19-18(20,21)13-2-1-3-15(10-13)28-12-14-11-16(24-23-14)17(26)22-4-5-25-6-8-27-9-7-25/h1-3,10,14,16,23-24H,4-9,11-12H2,(H,22,26). The van der Waals surface area contributed by atoms with Crippen molar-refractivity contribution in [2.75, 3.05) is 46.0 Å². The highest BCUT2D eigenvalue weighted by Gasteiger charge is 2.31. The van der Waals surface area contributed by atoms with Gasteiger partial charge in [0.2, 0.25) is 5.91 Å². The summed E-state index contributed by atoms with van der Waals surface area (Å²) in [5.41, 5.74) is 5.12. The molecular formula is C18H25F3N4O3. The number of hydrogen-bond acceptors (Lipinski definition) is 6. The number of morpholine rings is 1. The zero-order chi connectivity index (χ0) is 20.0. The molecule has 0 aromatic heterocycles. The summed E-state index contributed by atoms with van der Waals surface area (Å²) in [5, 5.41) is 2.90. The number of ether oxygens (including phenoxy) is 2. The Kier molecular flexibility index (Phi) is 7.11. The Morgan fingerprint density at radius 3 is 2.82 bits per heavy atom. The van der Waals surface area contributed by atoms with Crippen LogP contribution in [0.2, 0.25) is 0 Å². The fourth-order valence-corrected chi connectivity index (χ4v) is 3.15. The van der Waals surface area contributed by atoms with E-state index in [9.17, 15) is 18.0 Å². The van der Waals surface area contributed by atoms with E-state index in [0.717, 1.165) is 45.0 Å². The third-order valence-electron chi connectivity index (χ3n) is 4.74. The van der Waals surface area contributed by atoms with E-state index in [-0.39, 0.29) is 24.3 Å². The summed E-state index contributed by atoms with van der Waals surface area (Å²) in [5.74, 6) is 0.0392. The van der Waals surface area contributed by atoms with Gasteiger partial charge in [-0.15, -0.1) is 0 Å². The van der Waals surface area contributed by atoms with Gasteiger partial charge in [-0.3, -0.25) is 15.1 Å². The van der Waals surface area contributed by atoms with Gasteiger partial charge in [0.25, 0.3) is 0 Å². The van der Waals surface area contributed by atoms with Crippen LogP contribution in [0.15, 0.2) is 24.3 Å². The first-order valence-electron chi connectivity index (χ1n) is 9.31. The molecule has 1 aromatic rings. The summed E-state index contributed by atoms with van der Waals surface area (Å²) in [4.78, 5) is 14.5. The highest BCUT2D eigenvalue weighted by atomic mass is 19.4. The molecule has 2 aliphatic rings. The lowest BCUT2D eigenvalue weighted by Crippen LogP contribution is -2.46. The van der Waals surface area contributed by atoms with E-state index in [1.54, 1.807) is 0 Å². The van der Waals surface area contributed by atoms with Gasteiger partial charge in [0.15, 0.2) is 0 Å². The molecule has 10 heteroatoms. The van der Waals surface area contributed by atoms with Crippen molar-refractivity contribution in [3.05, 3.63) is 29.8 Å². The molecule has 1 aromatic carbocycles. The smallest absolute Gasteiger partial charge is 0.416 e. The molecule has 1 amide bonds. The van der Waals surface area contributed by atoms with Gasteiger partial charge in [-0.05, 0) is 24.6 Å². The molecule has 0 saturated carbocycles. The summed E-state index contributed by atoms with van der Waals surface area (Å²) >= 11 is 0. The van der Waals surface area contributed by atoms with Crippen molar-refractivity contribution in [1.82, 2.24) is 21.1 Å². The number of nitrogens with zero attached hydrogens (tertiary/aromatic N) is 1. The Labute approximate surface area is 161 Å². The molecule has 3 rings (SSSR count). The molecule has 3 N–H and O–H groups in total. The van der Waals surface area contributed by atoms with E-state index in [4.69, 9.17) is 9.47 Å². The van der Waals surface area contributed by atoms with Crippen molar-refractivity contribution in [2.45, 2.75) is 24.7 Å². The van der Waals surface area contributed by atoms with Crippen LogP contribution in [-0.2, 0) is 15.7 Å². The Morgan fingerprint density at radius 2 is 2.07 bits per heavy atom. The Balaban J connectivity index is 1.37. The monoisotopic (exact) mass is 402 g/mol. The van der Waals surface area contributed by atoms with Crippen molar-refractivity contribution in [1.29, 1.82) is 0 Å². The molecule has 0 aliphatic carbocycles. The minimum atomic E-state index is -4.41. The van der Waals surface area contributed by atoms with Crippen LogP contribution in [0.1, 0.15) is 12.0 Å². The number of rotatable bonds is 7. The lowest BCUT2D eigenvalue weighted by Gasteiger charge is -2.26. The summed E-state index contributed by atoms with van der Waals surface area (Å²) in [6.45, 7) is 4.67. The average Bonchev–Trinajstić information content (AvgIpc) is 3.16. The first kappa shape index (κ1) is 20.8. The quantitative estimate of drug-likeness (QED) is 0.626. The fraction of sp³-hybridized carbons (Fsp3) is 0.611.